The summed E-state index contributed by atoms with van der Waals surface area (Å²) in [4.78, 5) is 2.43. The Morgan fingerprint density at radius 2 is 2.27 bits per heavy atom. The van der Waals surface area contributed by atoms with Crippen LogP contribution in [0.3, 0.4) is 0 Å². The first kappa shape index (κ1) is 13.1. The largest absolute Gasteiger partial charge is 0.314 e. The molecule has 3 nitrogen and oxygen atoms in total. The lowest BCUT2D eigenvalue weighted by molar-refractivity contribution is 0.182. The smallest absolute Gasteiger partial charge is 0.0441 e. The number of nitrogens with one attached hydrogen (secondary N) is 1. The van der Waals surface area contributed by atoms with Gasteiger partial charge in [0.1, 0.15) is 0 Å². The normalized spacial score (nSPS) is 27.5. The number of rotatable bonds is 5. The zero-order valence-corrected chi connectivity index (χ0v) is 11.0. The monoisotopic (exact) mass is 232 g/mol. The van der Waals surface area contributed by atoms with Crippen molar-refractivity contribution in [1.82, 2.24) is 10.2 Å². The first-order valence-electron chi connectivity index (χ1n) is 5.84. The summed E-state index contributed by atoms with van der Waals surface area (Å²) in [6.45, 7) is 5.17. The van der Waals surface area contributed by atoms with E-state index in [1.165, 1.54) is 25.8 Å². The van der Waals surface area contributed by atoms with E-state index in [1.54, 1.807) is 6.26 Å². The molecular formula is C11H24N2OS. The van der Waals surface area contributed by atoms with Crippen LogP contribution in [-0.4, -0.2) is 53.3 Å². The third-order valence-corrected chi connectivity index (χ3v) is 4.60. The predicted molar refractivity (Wildman–Crippen MR) is 66.7 cm³/mol. The van der Waals surface area contributed by atoms with Gasteiger partial charge in [-0.15, -0.1) is 0 Å². The number of likely N-dealkylation sites (tertiary alicyclic amines) is 1. The van der Waals surface area contributed by atoms with Gasteiger partial charge in [-0.1, -0.05) is 6.42 Å². The van der Waals surface area contributed by atoms with Gasteiger partial charge in [-0.05, 0) is 33.4 Å². The quantitative estimate of drug-likeness (QED) is 0.762. The van der Waals surface area contributed by atoms with Crippen LogP contribution in [0.5, 0.6) is 0 Å². The van der Waals surface area contributed by atoms with Crippen LogP contribution in [0, 0.1) is 0 Å². The predicted octanol–water partition coefficient (Wildman–Crippen LogP) is 0.827. The number of nitrogens with zero attached hydrogens (tertiary/aromatic N) is 1. The van der Waals surface area contributed by atoms with Crippen LogP contribution in [0.15, 0.2) is 0 Å². The summed E-state index contributed by atoms with van der Waals surface area (Å²) in [6, 6.07) is 0.677. The van der Waals surface area contributed by atoms with Crippen LogP contribution >= 0.6 is 0 Å². The molecule has 3 unspecified atom stereocenters. The molecule has 0 aromatic carbocycles. The molecule has 0 saturated carbocycles. The zero-order chi connectivity index (χ0) is 11.3. The maximum Gasteiger partial charge on any atom is 0.0441 e. The van der Waals surface area contributed by atoms with Crippen LogP contribution in [-0.2, 0) is 10.8 Å². The second-order valence-electron chi connectivity index (χ2n) is 4.60. The van der Waals surface area contributed by atoms with Gasteiger partial charge in [0.2, 0.25) is 0 Å². The van der Waals surface area contributed by atoms with Crippen LogP contribution in [0.25, 0.3) is 0 Å². The fraction of sp³-hybridized carbons (Fsp3) is 1.00. The van der Waals surface area contributed by atoms with Crippen molar-refractivity contribution in [3.8, 4) is 0 Å². The summed E-state index contributed by atoms with van der Waals surface area (Å²) in [5.74, 6) is 0. The standard InChI is InChI=1S/C11H24N2OS/c1-10(15(3)14)8-12-9-11-6-4-5-7-13(11)2/h10-12H,4-9H2,1-3H3. The van der Waals surface area contributed by atoms with Crippen LogP contribution in [0.2, 0.25) is 0 Å². The summed E-state index contributed by atoms with van der Waals surface area (Å²) in [5.41, 5.74) is 0. The maximum absolute atomic E-state index is 11.2. The minimum atomic E-state index is -0.702. The number of hydrogen-bond acceptors (Lipinski definition) is 3. The molecule has 1 fully saturated rings. The van der Waals surface area contributed by atoms with Crippen molar-refractivity contribution in [2.45, 2.75) is 37.5 Å². The van der Waals surface area contributed by atoms with E-state index in [2.05, 4.69) is 17.3 Å². The molecule has 0 spiro atoms. The van der Waals surface area contributed by atoms with Crippen molar-refractivity contribution >= 4 is 10.8 Å². The molecule has 1 heterocycles. The molecule has 1 aliphatic heterocycles. The molecule has 15 heavy (non-hydrogen) atoms. The van der Waals surface area contributed by atoms with Crippen LogP contribution in [0.1, 0.15) is 26.2 Å². The van der Waals surface area contributed by atoms with Crippen molar-refractivity contribution in [3.63, 3.8) is 0 Å². The molecular weight excluding hydrogens is 208 g/mol. The Labute approximate surface area is 96.1 Å². The Hall–Kier alpha value is 0.0700. The van der Waals surface area contributed by atoms with E-state index >= 15 is 0 Å². The average Bonchev–Trinajstić information content (AvgIpc) is 2.20. The molecule has 1 N–H and O–H groups in total. The highest BCUT2D eigenvalue weighted by atomic mass is 32.2. The minimum Gasteiger partial charge on any atom is -0.314 e. The van der Waals surface area contributed by atoms with Crippen LogP contribution < -0.4 is 5.32 Å². The van der Waals surface area contributed by atoms with Gasteiger partial charge in [-0.25, -0.2) is 0 Å². The van der Waals surface area contributed by atoms with E-state index in [0.717, 1.165) is 13.1 Å². The van der Waals surface area contributed by atoms with E-state index in [-0.39, 0.29) is 5.25 Å². The van der Waals surface area contributed by atoms with Gasteiger partial charge in [0, 0.05) is 41.4 Å². The molecule has 0 aromatic heterocycles. The Morgan fingerprint density at radius 3 is 2.87 bits per heavy atom. The first-order chi connectivity index (χ1) is 7.11. The molecule has 1 saturated heterocycles. The molecule has 0 radical (unpaired) electrons. The highest BCUT2D eigenvalue weighted by Gasteiger charge is 2.18. The van der Waals surface area contributed by atoms with Gasteiger partial charge in [0.05, 0.1) is 0 Å². The van der Waals surface area contributed by atoms with E-state index < -0.39 is 10.8 Å². The molecule has 0 aromatic rings. The Balaban J connectivity index is 2.16. The van der Waals surface area contributed by atoms with Gasteiger partial charge in [-0.3, -0.25) is 4.21 Å². The molecule has 90 valence electrons. The Bertz CT molecular complexity index is 211. The van der Waals surface area contributed by atoms with E-state index in [1.807, 2.05) is 6.92 Å². The molecule has 0 amide bonds. The fourth-order valence-electron chi connectivity index (χ4n) is 1.97. The van der Waals surface area contributed by atoms with Crippen molar-refractivity contribution < 1.29 is 4.21 Å². The maximum atomic E-state index is 11.2. The number of likely N-dealkylation sites (N-methyl/N-ethyl adjacent to an activating group) is 1. The lowest BCUT2D eigenvalue weighted by Crippen LogP contribution is -2.44. The lowest BCUT2D eigenvalue weighted by atomic mass is 10.0. The molecule has 0 aliphatic carbocycles. The fourth-order valence-corrected chi connectivity index (χ4v) is 2.33. The van der Waals surface area contributed by atoms with Gasteiger partial charge in [-0.2, -0.15) is 0 Å². The van der Waals surface area contributed by atoms with E-state index in [9.17, 15) is 4.21 Å². The van der Waals surface area contributed by atoms with Gasteiger partial charge in [0.25, 0.3) is 0 Å². The topological polar surface area (TPSA) is 32.3 Å². The van der Waals surface area contributed by atoms with Gasteiger partial charge < -0.3 is 10.2 Å². The summed E-state index contributed by atoms with van der Waals surface area (Å²) in [5, 5.41) is 3.69. The second kappa shape index (κ2) is 6.61. The number of hydrogen-bond donors (Lipinski definition) is 1. The van der Waals surface area contributed by atoms with Crippen LogP contribution in [0.4, 0.5) is 0 Å². The van der Waals surface area contributed by atoms with Crippen molar-refractivity contribution in [2.24, 2.45) is 0 Å². The molecule has 0 bridgehead atoms. The number of piperidine rings is 1. The molecule has 4 heteroatoms. The Morgan fingerprint density at radius 1 is 1.53 bits per heavy atom. The SMILES string of the molecule is CC(CNCC1CCCCN1C)S(C)=O. The van der Waals surface area contributed by atoms with Crippen molar-refractivity contribution in [1.29, 1.82) is 0 Å². The van der Waals surface area contributed by atoms with E-state index in [0.29, 0.717) is 6.04 Å². The summed E-state index contributed by atoms with van der Waals surface area (Å²) >= 11 is 0. The van der Waals surface area contributed by atoms with Gasteiger partial charge >= 0.3 is 0 Å². The highest BCUT2D eigenvalue weighted by molar-refractivity contribution is 7.84. The van der Waals surface area contributed by atoms with Gasteiger partial charge in [0.15, 0.2) is 0 Å². The minimum absolute atomic E-state index is 0.263. The second-order valence-corrected chi connectivity index (χ2v) is 6.40. The summed E-state index contributed by atoms with van der Waals surface area (Å²) in [6.07, 6.45) is 5.76. The first-order valence-corrected chi connectivity index (χ1v) is 7.46. The third-order valence-electron chi connectivity index (χ3n) is 3.30. The summed E-state index contributed by atoms with van der Waals surface area (Å²) < 4.78 is 11.2. The molecule has 3 atom stereocenters. The lowest BCUT2D eigenvalue weighted by Gasteiger charge is -2.32. The highest BCUT2D eigenvalue weighted by Crippen LogP contribution is 2.13. The van der Waals surface area contributed by atoms with Crippen molar-refractivity contribution in [2.75, 3.05) is 32.9 Å². The third kappa shape index (κ3) is 4.62. The van der Waals surface area contributed by atoms with Crippen molar-refractivity contribution in [3.05, 3.63) is 0 Å². The molecule has 1 aliphatic rings. The Kier molecular flexibility index (Phi) is 5.79. The summed E-state index contributed by atoms with van der Waals surface area (Å²) in [7, 11) is 1.50. The average molecular weight is 232 g/mol. The molecule has 1 rings (SSSR count). The van der Waals surface area contributed by atoms with E-state index in [4.69, 9.17) is 0 Å². The zero-order valence-electron chi connectivity index (χ0n) is 10.2.